The standard InChI is InChI=1S/C13H19N3O3/c1-3-7-16(8-11(17)15-2)10-6-4-5-9(12(10)14)13(18)19/h4-6H,3,7-8,14H2,1-2H3,(H,15,17)(H,18,19). The third-order valence-electron chi connectivity index (χ3n) is 2.76. The first-order valence-electron chi connectivity index (χ1n) is 6.08. The molecule has 1 rings (SSSR count). The zero-order chi connectivity index (χ0) is 14.4. The molecule has 104 valence electrons. The Morgan fingerprint density at radius 2 is 2.11 bits per heavy atom. The van der Waals surface area contributed by atoms with Crippen LogP contribution in [0.1, 0.15) is 23.7 Å². The Kier molecular flexibility index (Phi) is 5.17. The number of amides is 1. The van der Waals surface area contributed by atoms with E-state index in [-0.39, 0.29) is 23.7 Å². The van der Waals surface area contributed by atoms with E-state index in [9.17, 15) is 9.59 Å². The molecule has 0 heterocycles. The number of carbonyl (C=O) groups is 2. The maximum Gasteiger partial charge on any atom is 0.337 e. The van der Waals surface area contributed by atoms with Crippen molar-refractivity contribution in [1.29, 1.82) is 0 Å². The summed E-state index contributed by atoms with van der Waals surface area (Å²) in [5.41, 5.74) is 6.69. The molecule has 0 aliphatic heterocycles. The molecule has 19 heavy (non-hydrogen) atoms. The Bertz CT molecular complexity index is 474. The van der Waals surface area contributed by atoms with Crippen LogP contribution >= 0.6 is 0 Å². The summed E-state index contributed by atoms with van der Waals surface area (Å²) in [6, 6.07) is 4.80. The zero-order valence-electron chi connectivity index (χ0n) is 11.1. The number of nitrogen functional groups attached to an aromatic ring is 1. The Labute approximate surface area is 112 Å². The van der Waals surface area contributed by atoms with E-state index in [1.165, 1.54) is 6.07 Å². The van der Waals surface area contributed by atoms with E-state index in [0.29, 0.717) is 12.2 Å². The monoisotopic (exact) mass is 265 g/mol. The van der Waals surface area contributed by atoms with Gasteiger partial charge in [0.25, 0.3) is 0 Å². The van der Waals surface area contributed by atoms with Gasteiger partial charge < -0.3 is 21.1 Å². The first-order chi connectivity index (χ1) is 9.01. The molecule has 6 nitrogen and oxygen atoms in total. The number of aromatic carboxylic acids is 1. The number of carboxylic acid groups (broad SMARTS) is 1. The number of carboxylic acids is 1. The molecule has 0 aliphatic carbocycles. The smallest absolute Gasteiger partial charge is 0.337 e. The van der Waals surface area contributed by atoms with Crippen LogP contribution in [-0.2, 0) is 4.79 Å². The first-order valence-corrected chi connectivity index (χ1v) is 6.08. The Morgan fingerprint density at radius 1 is 1.42 bits per heavy atom. The number of nitrogens with one attached hydrogen (secondary N) is 1. The van der Waals surface area contributed by atoms with E-state index in [0.717, 1.165) is 6.42 Å². The second kappa shape index (κ2) is 6.63. The Hall–Kier alpha value is -2.24. The van der Waals surface area contributed by atoms with Gasteiger partial charge in [-0.25, -0.2) is 4.79 Å². The summed E-state index contributed by atoms with van der Waals surface area (Å²) in [6.45, 7) is 2.76. The molecule has 0 spiro atoms. The lowest BCUT2D eigenvalue weighted by Crippen LogP contribution is -2.36. The van der Waals surface area contributed by atoms with Crippen molar-refractivity contribution in [2.24, 2.45) is 0 Å². The van der Waals surface area contributed by atoms with E-state index < -0.39 is 5.97 Å². The molecule has 0 unspecified atom stereocenters. The molecule has 0 saturated heterocycles. The van der Waals surface area contributed by atoms with Gasteiger partial charge in [0.15, 0.2) is 0 Å². The third-order valence-corrected chi connectivity index (χ3v) is 2.76. The fraction of sp³-hybridized carbons (Fsp3) is 0.385. The largest absolute Gasteiger partial charge is 0.478 e. The quantitative estimate of drug-likeness (QED) is 0.665. The number of nitrogens with zero attached hydrogens (tertiary/aromatic N) is 1. The van der Waals surface area contributed by atoms with Crippen molar-refractivity contribution in [1.82, 2.24) is 5.32 Å². The SMILES string of the molecule is CCCN(CC(=O)NC)c1cccc(C(=O)O)c1N. The fourth-order valence-electron chi connectivity index (χ4n) is 1.82. The summed E-state index contributed by atoms with van der Waals surface area (Å²) >= 11 is 0. The van der Waals surface area contributed by atoms with Crippen LogP contribution < -0.4 is 16.0 Å². The molecular formula is C13H19N3O3. The minimum Gasteiger partial charge on any atom is -0.478 e. The van der Waals surface area contributed by atoms with Crippen molar-refractivity contribution in [3.8, 4) is 0 Å². The summed E-state index contributed by atoms with van der Waals surface area (Å²) in [4.78, 5) is 24.3. The number of rotatable bonds is 6. The van der Waals surface area contributed by atoms with Crippen LogP contribution in [0.15, 0.2) is 18.2 Å². The van der Waals surface area contributed by atoms with E-state index in [4.69, 9.17) is 10.8 Å². The summed E-state index contributed by atoms with van der Waals surface area (Å²) in [7, 11) is 1.56. The van der Waals surface area contributed by atoms with E-state index >= 15 is 0 Å². The van der Waals surface area contributed by atoms with Crippen LogP contribution in [0.5, 0.6) is 0 Å². The molecule has 0 aromatic heterocycles. The van der Waals surface area contributed by atoms with Crippen molar-refractivity contribution >= 4 is 23.3 Å². The Morgan fingerprint density at radius 3 is 2.63 bits per heavy atom. The van der Waals surface area contributed by atoms with E-state index in [2.05, 4.69) is 5.32 Å². The van der Waals surface area contributed by atoms with Gasteiger partial charge in [0.2, 0.25) is 5.91 Å². The fourth-order valence-corrected chi connectivity index (χ4v) is 1.82. The highest BCUT2D eigenvalue weighted by Gasteiger charge is 2.17. The predicted octanol–water partition coefficient (Wildman–Crippen LogP) is 0.929. The highest BCUT2D eigenvalue weighted by molar-refractivity contribution is 5.97. The highest BCUT2D eigenvalue weighted by atomic mass is 16.4. The van der Waals surface area contributed by atoms with Crippen LogP contribution in [-0.4, -0.2) is 37.1 Å². The van der Waals surface area contributed by atoms with Crippen LogP contribution in [0, 0.1) is 0 Å². The van der Waals surface area contributed by atoms with E-state index in [1.54, 1.807) is 24.1 Å². The lowest BCUT2D eigenvalue weighted by Gasteiger charge is -2.25. The highest BCUT2D eigenvalue weighted by Crippen LogP contribution is 2.26. The van der Waals surface area contributed by atoms with Crippen molar-refractivity contribution < 1.29 is 14.7 Å². The number of hydrogen-bond acceptors (Lipinski definition) is 4. The van der Waals surface area contributed by atoms with Gasteiger partial charge in [0, 0.05) is 13.6 Å². The molecule has 1 aromatic rings. The molecule has 0 radical (unpaired) electrons. The van der Waals surface area contributed by atoms with Gasteiger partial charge in [-0.1, -0.05) is 13.0 Å². The van der Waals surface area contributed by atoms with Crippen LogP contribution in [0.2, 0.25) is 0 Å². The lowest BCUT2D eigenvalue weighted by molar-refractivity contribution is -0.119. The van der Waals surface area contributed by atoms with Gasteiger partial charge in [-0.3, -0.25) is 4.79 Å². The van der Waals surface area contributed by atoms with Crippen molar-refractivity contribution in [2.45, 2.75) is 13.3 Å². The van der Waals surface area contributed by atoms with Crippen molar-refractivity contribution in [2.75, 3.05) is 30.8 Å². The van der Waals surface area contributed by atoms with Crippen molar-refractivity contribution in [3.05, 3.63) is 23.8 Å². The van der Waals surface area contributed by atoms with Crippen LogP contribution in [0.3, 0.4) is 0 Å². The summed E-state index contributed by atoms with van der Waals surface area (Å²) in [5.74, 6) is -1.22. The topological polar surface area (TPSA) is 95.7 Å². The predicted molar refractivity (Wildman–Crippen MR) is 74.4 cm³/mol. The second-order valence-electron chi connectivity index (χ2n) is 4.14. The normalized spacial score (nSPS) is 10.0. The average molecular weight is 265 g/mol. The maximum absolute atomic E-state index is 11.5. The molecule has 0 fully saturated rings. The molecule has 6 heteroatoms. The van der Waals surface area contributed by atoms with Gasteiger partial charge in [-0.05, 0) is 18.6 Å². The molecular weight excluding hydrogens is 246 g/mol. The Balaban J connectivity index is 3.11. The summed E-state index contributed by atoms with van der Waals surface area (Å²) in [5, 5.41) is 11.6. The van der Waals surface area contributed by atoms with Gasteiger partial charge in [-0.15, -0.1) is 0 Å². The number of benzene rings is 1. The van der Waals surface area contributed by atoms with Gasteiger partial charge >= 0.3 is 5.97 Å². The van der Waals surface area contributed by atoms with Crippen molar-refractivity contribution in [3.63, 3.8) is 0 Å². The summed E-state index contributed by atoms with van der Waals surface area (Å²) in [6.07, 6.45) is 0.827. The van der Waals surface area contributed by atoms with Crippen LogP contribution in [0.4, 0.5) is 11.4 Å². The van der Waals surface area contributed by atoms with E-state index in [1.807, 2.05) is 6.92 Å². The number of para-hydroxylation sites is 1. The van der Waals surface area contributed by atoms with Gasteiger partial charge in [0.1, 0.15) is 0 Å². The zero-order valence-corrected chi connectivity index (χ0v) is 11.1. The molecule has 1 amide bonds. The van der Waals surface area contributed by atoms with Gasteiger partial charge in [0.05, 0.1) is 23.5 Å². The number of carbonyl (C=O) groups excluding carboxylic acids is 1. The maximum atomic E-state index is 11.5. The molecule has 0 saturated carbocycles. The first kappa shape index (κ1) is 14.8. The molecule has 0 atom stereocenters. The molecule has 0 aliphatic rings. The molecule has 0 bridgehead atoms. The third kappa shape index (κ3) is 3.61. The minimum atomic E-state index is -1.07. The summed E-state index contributed by atoms with van der Waals surface area (Å²) < 4.78 is 0. The molecule has 4 N–H and O–H groups in total. The second-order valence-corrected chi connectivity index (χ2v) is 4.14. The van der Waals surface area contributed by atoms with Gasteiger partial charge in [-0.2, -0.15) is 0 Å². The molecule has 1 aromatic carbocycles. The number of hydrogen-bond donors (Lipinski definition) is 3. The number of anilines is 2. The van der Waals surface area contributed by atoms with Crippen LogP contribution in [0.25, 0.3) is 0 Å². The minimum absolute atomic E-state index is 0.0514. The average Bonchev–Trinajstić information content (AvgIpc) is 2.38. The number of nitrogens with two attached hydrogens (primary N) is 1. The number of likely N-dealkylation sites (N-methyl/N-ethyl adjacent to an activating group) is 1. The lowest BCUT2D eigenvalue weighted by atomic mass is 10.1.